The fourth-order valence-electron chi connectivity index (χ4n) is 3.51. The number of carbonyl (C=O) groups is 1. The van der Waals surface area contributed by atoms with Gasteiger partial charge in [0.05, 0.1) is 29.3 Å². The van der Waals surface area contributed by atoms with Crippen LogP contribution in [0.25, 0.3) is 11.0 Å². The SMILES string of the molecule is Cn1ncc2c(SCC(=O)N3N=C(c4ccc(Cl)cc4)CC3c3ccco3)ncnc21. The summed E-state index contributed by atoms with van der Waals surface area (Å²) >= 11 is 7.35. The van der Waals surface area contributed by atoms with Gasteiger partial charge in [0, 0.05) is 18.5 Å². The first-order valence-corrected chi connectivity index (χ1v) is 10.9. The van der Waals surface area contributed by atoms with Crippen LogP contribution >= 0.6 is 23.4 Å². The van der Waals surface area contributed by atoms with E-state index >= 15 is 0 Å². The molecular formula is C21H17ClN6O2S. The molecule has 1 aliphatic heterocycles. The van der Waals surface area contributed by atoms with Crippen molar-refractivity contribution < 1.29 is 9.21 Å². The molecule has 31 heavy (non-hydrogen) atoms. The van der Waals surface area contributed by atoms with Crippen LogP contribution in [-0.2, 0) is 11.8 Å². The maximum Gasteiger partial charge on any atom is 0.253 e. The second kappa shape index (κ2) is 8.16. The van der Waals surface area contributed by atoms with E-state index in [4.69, 9.17) is 16.0 Å². The molecule has 0 radical (unpaired) electrons. The fraction of sp³-hybridized carbons (Fsp3) is 0.190. The smallest absolute Gasteiger partial charge is 0.253 e. The van der Waals surface area contributed by atoms with Crippen molar-refractivity contribution in [1.29, 1.82) is 0 Å². The van der Waals surface area contributed by atoms with Gasteiger partial charge >= 0.3 is 0 Å². The maximum atomic E-state index is 13.2. The van der Waals surface area contributed by atoms with Crippen molar-refractivity contribution in [1.82, 2.24) is 24.8 Å². The molecule has 0 saturated carbocycles. The van der Waals surface area contributed by atoms with Crippen molar-refractivity contribution in [3.63, 3.8) is 0 Å². The summed E-state index contributed by atoms with van der Waals surface area (Å²) in [5, 5.41) is 12.5. The molecule has 0 aliphatic carbocycles. The third-order valence-corrected chi connectivity index (χ3v) is 6.28. The largest absolute Gasteiger partial charge is 0.467 e. The van der Waals surface area contributed by atoms with E-state index in [1.165, 1.54) is 23.1 Å². The second-order valence-electron chi connectivity index (χ2n) is 7.00. The van der Waals surface area contributed by atoms with Gasteiger partial charge in [0.15, 0.2) is 5.65 Å². The zero-order valence-corrected chi connectivity index (χ0v) is 18.0. The van der Waals surface area contributed by atoms with Gasteiger partial charge in [-0.2, -0.15) is 10.2 Å². The van der Waals surface area contributed by atoms with Gasteiger partial charge in [-0.1, -0.05) is 35.5 Å². The number of furan rings is 1. The Kier molecular flexibility index (Phi) is 5.21. The van der Waals surface area contributed by atoms with Crippen LogP contribution in [0, 0.1) is 0 Å². The average Bonchev–Trinajstić information content (AvgIpc) is 3.53. The van der Waals surface area contributed by atoms with Crippen molar-refractivity contribution in [2.75, 3.05) is 5.75 Å². The van der Waals surface area contributed by atoms with E-state index in [1.807, 2.05) is 43.4 Å². The van der Waals surface area contributed by atoms with Crippen molar-refractivity contribution >= 4 is 46.0 Å². The van der Waals surface area contributed by atoms with Crippen LogP contribution in [0.1, 0.15) is 23.8 Å². The van der Waals surface area contributed by atoms with Crippen molar-refractivity contribution in [3.8, 4) is 0 Å². The predicted octanol–water partition coefficient (Wildman–Crippen LogP) is 4.08. The molecule has 1 atom stereocenters. The number of hydrogen-bond donors (Lipinski definition) is 0. The number of hydrogen-bond acceptors (Lipinski definition) is 7. The van der Waals surface area contributed by atoms with E-state index in [2.05, 4.69) is 20.2 Å². The Hall–Kier alpha value is -3.17. The molecule has 3 aromatic heterocycles. The number of aryl methyl sites for hydroxylation is 1. The Bertz CT molecular complexity index is 1270. The Morgan fingerprint density at radius 2 is 2.10 bits per heavy atom. The summed E-state index contributed by atoms with van der Waals surface area (Å²) in [5.41, 5.74) is 2.47. The highest BCUT2D eigenvalue weighted by atomic mass is 35.5. The zero-order valence-electron chi connectivity index (χ0n) is 16.5. The number of rotatable bonds is 5. The van der Waals surface area contributed by atoms with E-state index in [-0.39, 0.29) is 17.7 Å². The Labute approximate surface area is 186 Å². The molecule has 0 saturated heterocycles. The summed E-state index contributed by atoms with van der Waals surface area (Å²) in [4.78, 5) is 21.7. The molecule has 4 aromatic rings. The van der Waals surface area contributed by atoms with Crippen LogP contribution in [0.5, 0.6) is 0 Å². The molecule has 1 aromatic carbocycles. The molecule has 1 unspecified atom stereocenters. The molecule has 1 aliphatic rings. The highest BCUT2D eigenvalue weighted by Crippen LogP contribution is 2.34. The molecule has 10 heteroatoms. The summed E-state index contributed by atoms with van der Waals surface area (Å²) in [5.74, 6) is 0.740. The molecule has 0 fully saturated rings. The van der Waals surface area contributed by atoms with Crippen LogP contribution in [-0.4, -0.2) is 42.1 Å². The van der Waals surface area contributed by atoms with Gasteiger partial charge in [0.2, 0.25) is 0 Å². The van der Waals surface area contributed by atoms with Crippen molar-refractivity contribution in [2.24, 2.45) is 12.1 Å². The Morgan fingerprint density at radius 3 is 2.87 bits per heavy atom. The lowest BCUT2D eigenvalue weighted by Crippen LogP contribution is -2.28. The number of hydrazone groups is 1. The minimum atomic E-state index is -0.294. The van der Waals surface area contributed by atoms with E-state index in [1.54, 1.807) is 17.1 Å². The standard InChI is InChI=1S/C21H17ClN6O2S/c1-27-20-15(10-25-27)21(24-12-23-20)31-11-19(29)28-17(18-3-2-8-30-18)9-16(26-28)13-4-6-14(22)7-5-13/h2-8,10,12,17H,9,11H2,1H3. The summed E-state index contributed by atoms with van der Waals surface area (Å²) in [6.07, 6.45) is 5.36. The molecule has 0 bridgehead atoms. The molecule has 156 valence electrons. The topological polar surface area (TPSA) is 89.4 Å². The van der Waals surface area contributed by atoms with E-state index in [9.17, 15) is 4.79 Å². The third-order valence-electron chi connectivity index (χ3n) is 5.04. The Balaban J connectivity index is 1.39. The highest BCUT2D eigenvalue weighted by molar-refractivity contribution is 8.00. The molecule has 8 nitrogen and oxygen atoms in total. The van der Waals surface area contributed by atoms with Crippen LogP contribution in [0.3, 0.4) is 0 Å². The number of halogens is 1. The lowest BCUT2D eigenvalue weighted by molar-refractivity contribution is -0.130. The summed E-state index contributed by atoms with van der Waals surface area (Å²) in [6.45, 7) is 0. The number of fused-ring (bicyclic) bond motifs is 1. The van der Waals surface area contributed by atoms with Crippen LogP contribution < -0.4 is 0 Å². The summed E-state index contributed by atoms with van der Waals surface area (Å²) in [6, 6.07) is 10.8. The normalized spacial score (nSPS) is 16.1. The number of benzene rings is 1. The summed E-state index contributed by atoms with van der Waals surface area (Å²) in [7, 11) is 1.82. The van der Waals surface area contributed by atoms with Gasteiger partial charge in [-0.05, 0) is 29.8 Å². The van der Waals surface area contributed by atoms with Crippen molar-refractivity contribution in [3.05, 3.63) is 71.5 Å². The number of carbonyl (C=O) groups excluding carboxylic acids is 1. The van der Waals surface area contributed by atoms with Gasteiger partial charge in [-0.25, -0.2) is 15.0 Å². The first kappa shape index (κ1) is 19.8. The van der Waals surface area contributed by atoms with Gasteiger partial charge in [0.25, 0.3) is 5.91 Å². The fourth-order valence-corrected chi connectivity index (χ4v) is 4.45. The first-order valence-electron chi connectivity index (χ1n) is 9.54. The van der Waals surface area contributed by atoms with Crippen molar-refractivity contribution in [2.45, 2.75) is 17.5 Å². The molecule has 1 amide bonds. The van der Waals surface area contributed by atoms with Gasteiger partial charge in [-0.3, -0.25) is 9.48 Å². The minimum Gasteiger partial charge on any atom is -0.467 e. The number of thioether (sulfide) groups is 1. The maximum absolute atomic E-state index is 13.2. The van der Waals surface area contributed by atoms with Gasteiger partial charge < -0.3 is 4.42 Å². The third kappa shape index (κ3) is 3.82. The van der Waals surface area contributed by atoms with Gasteiger partial charge in [0.1, 0.15) is 23.2 Å². The van der Waals surface area contributed by atoms with Gasteiger partial charge in [-0.15, -0.1) is 0 Å². The van der Waals surface area contributed by atoms with E-state index in [0.717, 1.165) is 22.3 Å². The predicted molar refractivity (Wildman–Crippen MR) is 118 cm³/mol. The van der Waals surface area contributed by atoms with E-state index < -0.39 is 0 Å². The minimum absolute atomic E-state index is 0.133. The quantitative estimate of drug-likeness (QED) is 0.335. The average molecular weight is 453 g/mol. The molecule has 4 heterocycles. The van der Waals surface area contributed by atoms with Crippen LogP contribution in [0.2, 0.25) is 5.02 Å². The van der Waals surface area contributed by atoms with Crippen LogP contribution in [0.4, 0.5) is 0 Å². The highest BCUT2D eigenvalue weighted by Gasteiger charge is 2.34. The lowest BCUT2D eigenvalue weighted by Gasteiger charge is -2.19. The summed E-state index contributed by atoms with van der Waals surface area (Å²) < 4.78 is 7.28. The first-order chi connectivity index (χ1) is 15.1. The second-order valence-corrected chi connectivity index (χ2v) is 8.40. The van der Waals surface area contributed by atoms with Crippen LogP contribution in [0.15, 0.2) is 69.7 Å². The molecular weight excluding hydrogens is 436 g/mol. The number of nitrogens with zero attached hydrogens (tertiary/aromatic N) is 6. The lowest BCUT2D eigenvalue weighted by atomic mass is 10.0. The molecule has 5 rings (SSSR count). The molecule has 0 N–H and O–H groups in total. The number of amides is 1. The monoisotopic (exact) mass is 452 g/mol. The number of aromatic nitrogens is 4. The van der Waals surface area contributed by atoms with E-state index in [0.29, 0.717) is 22.2 Å². The zero-order chi connectivity index (χ0) is 21.4. The molecule has 0 spiro atoms. The Morgan fingerprint density at radius 1 is 1.26 bits per heavy atom.